The zero-order valence-corrected chi connectivity index (χ0v) is 9.62. The van der Waals surface area contributed by atoms with Crippen molar-refractivity contribution < 1.29 is 4.39 Å². The standard InChI is InChI=1S/C12H18FN3/c1-2-16-6-4-10(9-16)8-15-11-3-5-14-12(13)7-11/h3,5,7,10H,2,4,6,8-9H2,1H3,(H,14,15). The van der Waals surface area contributed by atoms with Gasteiger partial charge in [0, 0.05) is 31.0 Å². The molecule has 1 unspecified atom stereocenters. The third-order valence-electron chi connectivity index (χ3n) is 3.14. The molecule has 16 heavy (non-hydrogen) atoms. The van der Waals surface area contributed by atoms with Gasteiger partial charge < -0.3 is 10.2 Å². The first-order valence-corrected chi connectivity index (χ1v) is 5.85. The summed E-state index contributed by atoms with van der Waals surface area (Å²) in [6.45, 7) is 6.57. The van der Waals surface area contributed by atoms with Crippen LogP contribution in [0.25, 0.3) is 0 Å². The summed E-state index contributed by atoms with van der Waals surface area (Å²) in [4.78, 5) is 5.97. The van der Waals surface area contributed by atoms with Crippen LogP contribution in [0.15, 0.2) is 18.3 Å². The molecule has 1 atom stereocenters. The number of rotatable bonds is 4. The van der Waals surface area contributed by atoms with Crippen LogP contribution >= 0.6 is 0 Å². The number of nitrogens with one attached hydrogen (secondary N) is 1. The lowest BCUT2D eigenvalue weighted by Gasteiger charge is -2.14. The van der Waals surface area contributed by atoms with Crippen LogP contribution in [0.1, 0.15) is 13.3 Å². The van der Waals surface area contributed by atoms with Crippen LogP contribution in [-0.4, -0.2) is 36.1 Å². The predicted octanol–water partition coefficient (Wildman–Crippen LogP) is 1.97. The van der Waals surface area contributed by atoms with E-state index in [2.05, 4.69) is 22.1 Å². The quantitative estimate of drug-likeness (QED) is 0.791. The fourth-order valence-electron chi connectivity index (χ4n) is 2.14. The molecule has 4 heteroatoms. The van der Waals surface area contributed by atoms with E-state index in [0.29, 0.717) is 5.92 Å². The van der Waals surface area contributed by atoms with Crippen LogP contribution in [0.4, 0.5) is 10.1 Å². The highest BCUT2D eigenvalue weighted by Crippen LogP contribution is 2.16. The number of hydrogen-bond acceptors (Lipinski definition) is 3. The second-order valence-corrected chi connectivity index (χ2v) is 4.30. The lowest BCUT2D eigenvalue weighted by molar-refractivity contribution is 0.345. The average molecular weight is 223 g/mol. The number of hydrogen-bond donors (Lipinski definition) is 1. The minimum atomic E-state index is -0.424. The van der Waals surface area contributed by atoms with Crippen molar-refractivity contribution in [2.75, 3.05) is 31.5 Å². The molecular formula is C12H18FN3. The van der Waals surface area contributed by atoms with Crippen molar-refractivity contribution in [1.82, 2.24) is 9.88 Å². The summed E-state index contributed by atoms with van der Waals surface area (Å²) < 4.78 is 12.8. The molecule has 3 nitrogen and oxygen atoms in total. The molecule has 0 saturated carbocycles. The van der Waals surface area contributed by atoms with Crippen LogP contribution in [0.3, 0.4) is 0 Å². The van der Waals surface area contributed by atoms with Crippen molar-refractivity contribution in [1.29, 1.82) is 0 Å². The number of anilines is 1. The van der Waals surface area contributed by atoms with E-state index in [1.54, 1.807) is 6.07 Å². The molecule has 88 valence electrons. The molecule has 2 heterocycles. The summed E-state index contributed by atoms with van der Waals surface area (Å²) >= 11 is 0. The normalized spacial score (nSPS) is 21.2. The van der Waals surface area contributed by atoms with Gasteiger partial charge in [-0.15, -0.1) is 0 Å². The summed E-state index contributed by atoms with van der Waals surface area (Å²) in [6, 6.07) is 3.24. The molecule has 1 aliphatic rings. The van der Waals surface area contributed by atoms with Gasteiger partial charge in [0.1, 0.15) is 0 Å². The zero-order chi connectivity index (χ0) is 11.4. The molecule has 0 bridgehead atoms. The Kier molecular flexibility index (Phi) is 3.72. The van der Waals surface area contributed by atoms with Crippen LogP contribution in [0.5, 0.6) is 0 Å². The number of halogens is 1. The van der Waals surface area contributed by atoms with Gasteiger partial charge in [0.25, 0.3) is 0 Å². The van der Waals surface area contributed by atoms with E-state index in [1.165, 1.54) is 25.2 Å². The molecule has 1 aromatic heterocycles. The summed E-state index contributed by atoms with van der Waals surface area (Å²) in [6.07, 6.45) is 2.72. The highest BCUT2D eigenvalue weighted by Gasteiger charge is 2.20. The van der Waals surface area contributed by atoms with E-state index < -0.39 is 5.95 Å². The second kappa shape index (κ2) is 5.25. The zero-order valence-electron chi connectivity index (χ0n) is 9.62. The Hall–Kier alpha value is -1.16. The first-order chi connectivity index (χ1) is 7.78. The van der Waals surface area contributed by atoms with Gasteiger partial charge in [-0.1, -0.05) is 6.92 Å². The Morgan fingerprint density at radius 1 is 1.62 bits per heavy atom. The molecule has 1 saturated heterocycles. The van der Waals surface area contributed by atoms with Crippen molar-refractivity contribution in [3.05, 3.63) is 24.3 Å². The maximum atomic E-state index is 12.8. The van der Waals surface area contributed by atoms with E-state index in [1.807, 2.05) is 0 Å². The van der Waals surface area contributed by atoms with Crippen molar-refractivity contribution in [3.8, 4) is 0 Å². The third-order valence-corrected chi connectivity index (χ3v) is 3.14. The van der Waals surface area contributed by atoms with Crippen molar-refractivity contribution in [3.63, 3.8) is 0 Å². The van der Waals surface area contributed by atoms with Crippen molar-refractivity contribution in [2.24, 2.45) is 5.92 Å². The molecule has 1 N–H and O–H groups in total. The fraction of sp³-hybridized carbons (Fsp3) is 0.583. The molecule has 0 spiro atoms. The predicted molar refractivity (Wildman–Crippen MR) is 62.9 cm³/mol. The third kappa shape index (κ3) is 2.92. The van der Waals surface area contributed by atoms with Gasteiger partial charge in [0.05, 0.1) is 0 Å². The molecule has 0 aliphatic carbocycles. The lowest BCUT2D eigenvalue weighted by atomic mass is 10.1. The van der Waals surface area contributed by atoms with Gasteiger partial charge in [-0.25, -0.2) is 4.98 Å². The maximum Gasteiger partial charge on any atom is 0.214 e. The number of nitrogens with zero attached hydrogens (tertiary/aromatic N) is 2. The van der Waals surface area contributed by atoms with Gasteiger partial charge >= 0.3 is 0 Å². The molecule has 1 aliphatic heterocycles. The first kappa shape index (κ1) is 11.3. The smallest absolute Gasteiger partial charge is 0.214 e. The number of aromatic nitrogens is 1. The Labute approximate surface area is 95.7 Å². The molecule has 0 aromatic carbocycles. The molecule has 1 aromatic rings. The Bertz CT molecular complexity index is 343. The molecule has 2 rings (SSSR count). The van der Waals surface area contributed by atoms with Crippen LogP contribution < -0.4 is 5.32 Å². The van der Waals surface area contributed by atoms with Gasteiger partial charge in [-0.2, -0.15) is 4.39 Å². The topological polar surface area (TPSA) is 28.2 Å². The molecular weight excluding hydrogens is 205 g/mol. The highest BCUT2D eigenvalue weighted by atomic mass is 19.1. The van der Waals surface area contributed by atoms with E-state index in [9.17, 15) is 4.39 Å². The van der Waals surface area contributed by atoms with Gasteiger partial charge in [-0.05, 0) is 31.5 Å². The summed E-state index contributed by atoms with van der Waals surface area (Å²) in [5.41, 5.74) is 0.822. The summed E-state index contributed by atoms with van der Waals surface area (Å²) in [5, 5.41) is 3.27. The average Bonchev–Trinajstić information content (AvgIpc) is 2.74. The van der Waals surface area contributed by atoms with Gasteiger partial charge in [-0.3, -0.25) is 0 Å². The van der Waals surface area contributed by atoms with E-state index in [0.717, 1.165) is 25.3 Å². The summed E-state index contributed by atoms with van der Waals surface area (Å²) in [7, 11) is 0. The molecule has 1 fully saturated rings. The van der Waals surface area contributed by atoms with Crippen molar-refractivity contribution >= 4 is 5.69 Å². The Morgan fingerprint density at radius 3 is 3.19 bits per heavy atom. The molecule has 0 radical (unpaired) electrons. The van der Waals surface area contributed by atoms with Crippen LogP contribution in [0.2, 0.25) is 0 Å². The van der Waals surface area contributed by atoms with E-state index >= 15 is 0 Å². The second-order valence-electron chi connectivity index (χ2n) is 4.30. The van der Waals surface area contributed by atoms with Crippen molar-refractivity contribution in [2.45, 2.75) is 13.3 Å². The van der Waals surface area contributed by atoms with Crippen LogP contribution in [-0.2, 0) is 0 Å². The minimum Gasteiger partial charge on any atom is -0.385 e. The number of likely N-dealkylation sites (tertiary alicyclic amines) is 1. The fourth-order valence-corrected chi connectivity index (χ4v) is 2.14. The number of pyridine rings is 1. The lowest BCUT2D eigenvalue weighted by Crippen LogP contribution is -2.22. The monoisotopic (exact) mass is 223 g/mol. The molecule has 0 amide bonds. The summed E-state index contributed by atoms with van der Waals surface area (Å²) in [5.74, 6) is 0.253. The SMILES string of the molecule is CCN1CCC(CNc2ccnc(F)c2)C1. The first-order valence-electron chi connectivity index (χ1n) is 5.85. The maximum absolute atomic E-state index is 12.8. The van der Waals surface area contributed by atoms with Gasteiger partial charge in [0.15, 0.2) is 0 Å². The Morgan fingerprint density at radius 2 is 2.50 bits per heavy atom. The largest absolute Gasteiger partial charge is 0.385 e. The van der Waals surface area contributed by atoms with E-state index in [-0.39, 0.29) is 0 Å². The highest BCUT2D eigenvalue weighted by molar-refractivity contribution is 5.41. The Balaban J connectivity index is 1.80. The van der Waals surface area contributed by atoms with E-state index in [4.69, 9.17) is 0 Å². The van der Waals surface area contributed by atoms with Gasteiger partial charge in [0.2, 0.25) is 5.95 Å². The van der Waals surface area contributed by atoms with Crippen LogP contribution in [0, 0.1) is 11.9 Å². The minimum absolute atomic E-state index is 0.424.